The van der Waals surface area contributed by atoms with Gasteiger partial charge in [-0.1, -0.05) is 336 Å². The summed E-state index contributed by atoms with van der Waals surface area (Å²) >= 11 is 0. The zero-order valence-electron chi connectivity index (χ0n) is 59.6. The van der Waals surface area contributed by atoms with Crippen molar-refractivity contribution in [2.24, 2.45) is 0 Å². The lowest BCUT2D eigenvalue weighted by Crippen LogP contribution is -2.37. The molecule has 0 bridgehead atoms. The number of likely N-dealkylation sites (N-methyl/N-ethyl adjacent to an activating group) is 1. The maximum Gasteiger partial charge on any atom is 0.306 e. The predicted molar refractivity (Wildman–Crippen MR) is 388 cm³/mol. The van der Waals surface area contributed by atoms with Crippen molar-refractivity contribution in [3.05, 3.63) is 97.2 Å². The topological polar surface area (TPSA) is 111 Å². The first-order valence-corrected chi connectivity index (χ1v) is 39.4. The first-order valence-electron chi connectivity index (χ1n) is 37.9. The summed E-state index contributed by atoms with van der Waals surface area (Å²) in [5, 5.41) is 0. The van der Waals surface area contributed by atoms with Crippen LogP contribution >= 0.6 is 7.82 Å². The van der Waals surface area contributed by atoms with E-state index in [2.05, 4.69) is 111 Å². The molecule has 0 saturated carbocycles. The lowest BCUT2D eigenvalue weighted by atomic mass is 10.0. The third-order valence-corrected chi connectivity index (χ3v) is 17.6. The highest BCUT2D eigenvalue weighted by Gasteiger charge is 2.22. The second-order valence-electron chi connectivity index (χ2n) is 26.6. The van der Waals surface area contributed by atoms with Crippen LogP contribution in [0.15, 0.2) is 97.2 Å². The van der Waals surface area contributed by atoms with Gasteiger partial charge in [0.2, 0.25) is 0 Å². The Balaban J connectivity index is 3.96. The standard InChI is InChI=1S/C80H144NO8P/c1-6-8-10-12-14-16-18-20-22-24-26-28-30-32-34-35-36-37-38-39-40-41-42-43-44-45-47-49-51-53-55-57-59-61-63-65-67-69-71-73-80(83)89-78(77-88-90(84,85)87-75-74-81(3,4)5)76-86-79(82)72-70-68-66-64-62-60-58-56-54-52-50-48-46-33-31-29-27-25-23-21-19-17-15-13-11-9-7-2/h8,10,14,16,19-22,25-28,32,34,36-37,78H,6-7,9,11-13,15,17-18,23-24,29-31,33,35,38-77H2,1-5H3/b10-8-,16-14-,21-19-,22-20-,27-25-,28-26-,34-32-,37-36-. The predicted octanol–water partition coefficient (Wildman–Crippen LogP) is 24.4. The summed E-state index contributed by atoms with van der Waals surface area (Å²) in [5.41, 5.74) is 0. The Kier molecular flexibility index (Phi) is 67.9. The molecular formula is C80H144NO8P. The number of nitrogens with zero attached hydrogens (tertiary/aromatic N) is 1. The van der Waals surface area contributed by atoms with Crippen LogP contribution in [0.3, 0.4) is 0 Å². The molecule has 2 unspecified atom stereocenters. The molecule has 0 fully saturated rings. The molecule has 0 aromatic heterocycles. The third-order valence-electron chi connectivity index (χ3n) is 16.6. The molecule has 0 aliphatic heterocycles. The van der Waals surface area contributed by atoms with Gasteiger partial charge in [0.25, 0.3) is 7.82 Å². The largest absolute Gasteiger partial charge is 0.756 e. The first kappa shape index (κ1) is 86.9. The molecule has 0 heterocycles. The SMILES string of the molecule is CC/C=C\C/C=C\C/C=C\C/C=C\C/C=C\C/C=C\CCCCCCCCCCCCCCCCCCCCCCC(=O)OC(COC(=O)CCCCCCCCCCCCCCCCC/C=C\C/C=C\CCCCCCC)COP(=O)([O-])OCC[N+](C)(C)C. The van der Waals surface area contributed by atoms with Crippen LogP contribution in [0.25, 0.3) is 0 Å². The highest BCUT2D eigenvalue weighted by atomic mass is 31.2. The molecule has 10 heteroatoms. The molecule has 90 heavy (non-hydrogen) atoms. The monoisotopic (exact) mass is 1280 g/mol. The summed E-state index contributed by atoms with van der Waals surface area (Å²) in [6.45, 7) is 4.16. The number of carbonyl (C=O) groups is 2. The minimum Gasteiger partial charge on any atom is -0.756 e. The van der Waals surface area contributed by atoms with Gasteiger partial charge in [0.05, 0.1) is 27.7 Å². The van der Waals surface area contributed by atoms with Gasteiger partial charge in [0.15, 0.2) is 6.10 Å². The second-order valence-corrected chi connectivity index (χ2v) is 28.0. The van der Waals surface area contributed by atoms with E-state index in [9.17, 15) is 19.0 Å². The van der Waals surface area contributed by atoms with Crippen molar-refractivity contribution in [1.29, 1.82) is 0 Å². The van der Waals surface area contributed by atoms with Crippen LogP contribution < -0.4 is 4.89 Å². The van der Waals surface area contributed by atoms with Gasteiger partial charge >= 0.3 is 11.9 Å². The zero-order valence-corrected chi connectivity index (χ0v) is 60.5. The molecule has 0 amide bonds. The number of phosphoric acid groups is 1. The van der Waals surface area contributed by atoms with Crippen LogP contribution in [0.4, 0.5) is 0 Å². The van der Waals surface area contributed by atoms with Gasteiger partial charge in [-0.25, -0.2) is 0 Å². The van der Waals surface area contributed by atoms with E-state index < -0.39 is 26.5 Å². The number of hydrogen-bond acceptors (Lipinski definition) is 8. The molecule has 0 aromatic rings. The maximum absolute atomic E-state index is 12.9. The number of hydrogen-bond donors (Lipinski definition) is 0. The number of rotatable bonds is 70. The number of esters is 2. The number of phosphoric ester groups is 1. The van der Waals surface area contributed by atoms with E-state index >= 15 is 0 Å². The Hall–Kier alpha value is -3.07. The lowest BCUT2D eigenvalue weighted by Gasteiger charge is -2.28. The number of allylic oxidation sites excluding steroid dienone is 16. The summed E-state index contributed by atoms with van der Waals surface area (Å²) in [4.78, 5) is 38.1. The Morgan fingerprint density at radius 1 is 0.356 bits per heavy atom. The average Bonchev–Trinajstić information content (AvgIpc) is 3.58. The molecule has 0 N–H and O–H groups in total. The van der Waals surface area contributed by atoms with Crippen LogP contribution in [0.2, 0.25) is 0 Å². The van der Waals surface area contributed by atoms with E-state index in [1.807, 2.05) is 21.1 Å². The molecule has 0 spiro atoms. The van der Waals surface area contributed by atoms with Gasteiger partial charge in [-0.05, 0) is 96.3 Å². The Morgan fingerprint density at radius 3 is 0.944 bits per heavy atom. The fraction of sp³-hybridized carbons (Fsp3) is 0.775. The smallest absolute Gasteiger partial charge is 0.306 e. The van der Waals surface area contributed by atoms with Gasteiger partial charge in [-0.3, -0.25) is 14.2 Å². The number of unbranched alkanes of at least 4 members (excludes halogenated alkanes) is 40. The molecule has 0 radical (unpaired) electrons. The Morgan fingerprint density at radius 2 is 0.633 bits per heavy atom. The van der Waals surface area contributed by atoms with Crippen molar-refractivity contribution in [1.82, 2.24) is 0 Å². The Bertz CT molecular complexity index is 1840. The van der Waals surface area contributed by atoms with Crippen LogP contribution in [-0.2, 0) is 32.7 Å². The molecule has 0 rings (SSSR count). The molecule has 0 saturated heterocycles. The van der Waals surface area contributed by atoms with Gasteiger partial charge in [-0.15, -0.1) is 0 Å². The molecule has 2 atom stereocenters. The van der Waals surface area contributed by atoms with E-state index in [0.29, 0.717) is 17.4 Å². The number of quaternary nitrogens is 1. The van der Waals surface area contributed by atoms with E-state index in [0.717, 1.165) is 83.5 Å². The molecule has 9 nitrogen and oxygen atoms in total. The summed E-state index contributed by atoms with van der Waals surface area (Å²) in [6.07, 6.45) is 97.9. The Labute approximate surface area is 557 Å². The van der Waals surface area contributed by atoms with Crippen LogP contribution in [0, 0.1) is 0 Å². The van der Waals surface area contributed by atoms with Crippen LogP contribution in [0.1, 0.15) is 348 Å². The van der Waals surface area contributed by atoms with Crippen molar-refractivity contribution in [3.63, 3.8) is 0 Å². The van der Waals surface area contributed by atoms with Gasteiger partial charge in [0.1, 0.15) is 19.8 Å². The van der Waals surface area contributed by atoms with Crippen molar-refractivity contribution >= 4 is 19.8 Å². The summed E-state index contributed by atoms with van der Waals surface area (Å²) < 4.78 is 34.4. The average molecular weight is 1280 g/mol. The van der Waals surface area contributed by atoms with E-state index in [1.54, 1.807) is 0 Å². The van der Waals surface area contributed by atoms with E-state index in [4.69, 9.17) is 18.5 Å². The fourth-order valence-corrected chi connectivity index (χ4v) is 11.5. The lowest BCUT2D eigenvalue weighted by molar-refractivity contribution is -0.870. The normalized spacial score (nSPS) is 13.6. The highest BCUT2D eigenvalue weighted by Crippen LogP contribution is 2.38. The van der Waals surface area contributed by atoms with Crippen molar-refractivity contribution in [2.45, 2.75) is 354 Å². The maximum atomic E-state index is 12.9. The quantitative estimate of drug-likeness (QED) is 0.0195. The molecule has 522 valence electrons. The van der Waals surface area contributed by atoms with Crippen LogP contribution in [0.5, 0.6) is 0 Å². The second kappa shape index (κ2) is 70.3. The molecule has 0 aromatic carbocycles. The summed E-state index contributed by atoms with van der Waals surface area (Å²) in [6, 6.07) is 0. The first-order chi connectivity index (χ1) is 44.0. The third kappa shape index (κ3) is 74.0. The van der Waals surface area contributed by atoms with E-state index in [-0.39, 0.29) is 32.0 Å². The molecule has 0 aliphatic rings. The zero-order chi connectivity index (χ0) is 65.5. The van der Waals surface area contributed by atoms with Gasteiger partial charge in [-0.2, -0.15) is 0 Å². The molecular weight excluding hydrogens is 1130 g/mol. The summed E-state index contributed by atoms with van der Waals surface area (Å²) in [7, 11) is 1.18. The number of ether oxygens (including phenoxy) is 2. The van der Waals surface area contributed by atoms with Gasteiger partial charge in [0, 0.05) is 12.8 Å². The fourth-order valence-electron chi connectivity index (χ4n) is 10.8. The summed E-state index contributed by atoms with van der Waals surface area (Å²) in [5.74, 6) is -0.819. The molecule has 0 aliphatic carbocycles. The van der Waals surface area contributed by atoms with Crippen molar-refractivity contribution in [2.75, 3.05) is 47.5 Å². The van der Waals surface area contributed by atoms with Crippen molar-refractivity contribution in [3.8, 4) is 0 Å². The van der Waals surface area contributed by atoms with E-state index in [1.165, 1.54) is 231 Å². The van der Waals surface area contributed by atoms with Crippen LogP contribution in [-0.4, -0.2) is 70.0 Å². The minimum absolute atomic E-state index is 0.0312. The van der Waals surface area contributed by atoms with Gasteiger partial charge < -0.3 is 27.9 Å². The highest BCUT2D eigenvalue weighted by molar-refractivity contribution is 7.45. The minimum atomic E-state index is -4.65. The number of carbonyl (C=O) groups excluding carboxylic acids is 2. The van der Waals surface area contributed by atoms with Crippen molar-refractivity contribution < 1.29 is 42.1 Å².